The summed E-state index contributed by atoms with van der Waals surface area (Å²) in [6, 6.07) is 7.94. The number of nitrogens with zero attached hydrogens (tertiary/aromatic N) is 2. The van der Waals surface area contributed by atoms with Crippen molar-refractivity contribution in [2.45, 2.75) is 19.7 Å². The number of hydrogen-bond donors (Lipinski definition) is 2. The number of carboxylic acid groups (broad SMARTS) is 1. The molecule has 0 aliphatic carbocycles. The molecule has 26 heavy (non-hydrogen) atoms. The maximum absolute atomic E-state index is 12.5. The number of carbonyl (C=O) groups is 1. The van der Waals surface area contributed by atoms with Gasteiger partial charge in [-0.3, -0.25) is 4.79 Å². The lowest BCUT2D eigenvalue weighted by Gasteiger charge is -2.07. The van der Waals surface area contributed by atoms with E-state index in [-0.39, 0.29) is 13.2 Å². The van der Waals surface area contributed by atoms with Crippen molar-refractivity contribution in [1.82, 2.24) is 4.98 Å². The first-order valence-corrected chi connectivity index (χ1v) is 7.50. The van der Waals surface area contributed by atoms with Gasteiger partial charge in [-0.25, -0.2) is 4.98 Å². The SMILES string of the molecule is CC(=NOCc1ccc(C(F)(F)F)cc1)c1ccc(NCC(=O)O)nc1. The number of carboxylic acids is 1. The summed E-state index contributed by atoms with van der Waals surface area (Å²) in [6.45, 7) is 1.48. The molecule has 0 spiro atoms. The van der Waals surface area contributed by atoms with Crippen molar-refractivity contribution >= 4 is 17.5 Å². The van der Waals surface area contributed by atoms with Crippen molar-refractivity contribution in [3.63, 3.8) is 0 Å². The van der Waals surface area contributed by atoms with Crippen LogP contribution >= 0.6 is 0 Å². The topological polar surface area (TPSA) is 83.8 Å². The highest BCUT2D eigenvalue weighted by atomic mass is 19.4. The summed E-state index contributed by atoms with van der Waals surface area (Å²) >= 11 is 0. The molecule has 6 nitrogen and oxygen atoms in total. The maximum Gasteiger partial charge on any atom is 0.416 e. The number of hydrogen-bond acceptors (Lipinski definition) is 5. The fraction of sp³-hybridized carbons (Fsp3) is 0.235. The van der Waals surface area contributed by atoms with Crippen LogP contribution in [-0.4, -0.2) is 28.3 Å². The van der Waals surface area contributed by atoms with E-state index in [1.54, 1.807) is 19.1 Å². The van der Waals surface area contributed by atoms with Crippen molar-refractivity contribution in [3.8, 4) is 0 Å². The Morgan fingerprint density at radius 2 is 1.92 bits per heavy atom. The third-order valence-corrected chi connectivity index (χ3v) is 3.32. The van der Waals surface area contributed by atoms with Gasteiger partial charge in [0.2, 0.25) is 0 Å². The molecule has 1 aromatic carbocycles. The average Bonchev–Trinajstić information content (AvgIpc) is 2.60. The van der Waals surface area contributed by atoms with Crippen LogP contribution in [0.4, 0.5) is 19.0 Å². The summed E-state index contributed by atoms with van der Waals surface area (Å²) in [5.74, 6) is -0.583. The number of aromatic nitrogens is 1. The summed E-state index contributed by atoms with van der Waals surface area (Å²) < 4.78 is 37.5. The van der Waals surface area contributed by atoms with E-state index in [0.29, 0.717) is 22.7 Å². The number of anilines is 1. The van der Waals surface area contributed by atoms with Gasteiger partial charge in [0.15, 0.2) is 0 Å². The van der Waals surface area contributed by atoms with Crippen molar-refractivity contribution < 1.29 is 27.9 Å². The van der Waals surface area contributed by atoms with E-state index in [1.165, 1.54) is 18.3 Å². The Labute approximate surface area is 147 Å². The van der Waals surface area contributed by atoms with E-state index in [9.17, 15) is 18.0 Å². The molecule has 2 rings (SSSR count). The highest BCUT2D eigenvalue weighted by molar-refractivity contribution is 5.98. The number of rotatable bonds is 7. The molecule has 2 aromatic rings. The molecule has 0 fully saturated rings. The molecule has 0 atom stereocenters. The zero-order valence-corrected chi connectivity index (χ0v) is 13.7. The van der Waals surface area contributed by atoms with Gasteiger partial charge in [0.05, 0.1) is 11.3 Å². The van der Waals surface area contributed by atoms with Crippen LogP contribution in [0.5, 0.6) is 0 Å². The van der Waals surface area contributed by atoms with Gasteiger partial charge in [0.1, 0.15) is 19.0 Å². The molecule has 0 aliphatic heterocycles. The number of benzene rings is 1. The number of pyridine rings is 1. The van der Waals surface area contributed by atoms with E-state index in [4.69, 9.17) is 9.94 Å². The monoisotopic (exact) mass is 367 g/mol. The number of halogens is 3. The summed E-state index contributed by atoms with van der Waals surface area (Å²) in [4.78, 5) is 19.7. The predicted molar refractivity (Wildman–Crippen MR) is 88.8 cm³/mol. The molecule has 0 radical (unpaired) electrons. The van der Waals surface area contributed by atoms with Crippen LogP contribution in [0.1, 0.15) is 23.6 Å². The summed E-state index contributed by atoms with van der Waals surface area (Å²) in [7, 11) is 0. The zero-order valence-electron chi connectivity index (χ0n) is 13.7. The molecule has 2 N–H and O–H groups in total. The van der Waals surface area contributed by atoms with E-state index >= 15 is 0 Å². The van der Waals surface area contributed by atoms with E-state index < -0.39 is 17.7 Å². The van der Waals surface area contributed by atoms with E-state index in [1.807, 2.05) is 0 Å². The first-order chi connectivity index (χ1) is 12.3. The third kappa shape index (κ3) is 5.76. The van der Waals surface area contributed by atoms with Crippen molar-refractivity contribution in [3.05, 3.63) is 59.3 Å². The lowest BCUT2D eigenvalue weighted by Crippen LogP contribution is -2.13. The summed E-state index contributed by atoms with van der Waals surface area (Å²) in [5, 5.41) is 15.1. The van der Waals surface area contributed by atoms with Crippen molar-refractivity contribution in [2.75, 3.05) is 11.9 Å². The second-order valence-corrected chi connectivity index (χ2v) is 5.32. The van der Waals surface area contributed by atoms with Gasteiger partial charge in [-0.2, -0.15) is 13.2 Å². The molecule has 9 heteroatoms. The van der Waals surface area contributed by atoms with Crippen molar-refractivity contribution in [1.29, 1.82) is 0 Å². The van der Waals surface area contributed by atoms with Gasteiger partial charge in [-0.15, -0.1) is 0 Å². The fourth-order valence-electron chi connectivity index (χ4n) is 1.92. The number of aliphatic carboxylic acids is 1. The van der Waals surface area contributed by atoms with Gasteiger partial charge in [0.25, 0.3) is 0 Å². The highest BCUT2D eigenvalue weighted by Gasteiger charge is 2.29. The van der Waals surface area contributed by atoms with Gasteiger partial charge in [-0.05, 0) is 36.8 Å². The summed E-state index contributed by atoms with van der Waals surface area (Å²) in [6.07, 6.45) is -2.86. The Hall–Kier alpha value is -3.10. The minimum absolute atomic E-state index is 0.0289. The Balaban J connectivity index is 1.90. The fourth-order valence-corrected chi connectivity index (χ4v) is 1.92. The van der Waals surface area contributed by atoms with Crippen LogP contribution in [0.15, 0.2) is 47.8 Å². The average molecular weight is 367 g/mol. The predicted octanol–water partition coefficient (Wildman–Crippen LogP) is 3.54. The lowest BCUT2D eigenvalue weighted by molar-refractivity contribution is -0.137. The molecule has 0 unspecified atom stereocenters. The molecular weight excluding hydrogens is 351 g/mol. The van der Waals surface area contributed by atoms with Gasteiger partial charge in [0, 0.05) is 11.8 Å². The molecule has 1 heterocycles. The lowest BCUT2D eigenvalue weighted by atomic mass is 10.1. The molecule has 0 saturated heterocycles. The van der Waals surface area contributed by atoms with E-state index in [0.717, 1.165) is 12.1 Å². The van der Waals surface area contributed by atoms with Crippen LogP contribution in [0, 0.1) is 0 Å². The first kappa shape index (κ1) is 19.2. The molecule has 0 amide bonds. The largest absolute Gasteiger partial charge is 0.480 e. The van der Waals surface area contributed by atoms with Gasteiger partial charge < -0.3 is 15.3 Å². The maximum atomic E-state index is 12.5. The van der Waals surface area contributed by atoms with Crippen LogP contribution in [0.2, 0.25) is 0 Å². The molecule has 138 valence electrons. The second-order valence-electron chi connectivity index (χ2n) is 5.32. The Morgan fingerprint density at radius 1 is 1.23 bits per heavy atom. The van der Waals surface area contributed by atoms with Gasteiger partial charge >= 0.3 is 12.1 Å². The first-order valence-electron chi connectivity index (χ1n) is 7.50. The molecule has 0 bridgehead atoms. The van der Waals surface area contributed by atoms with E-state index in [2.05, 4.69) is 15.5 Å². The molecule has 0 aliphatic rings. The Kier molecular flexibility index (Phi) is 6.16. The minimum Gasteiger partial charge on any atom is -0.480 e. The standard InChI is InChI=1S/C17H16F3N3O3/c1-11(13-4-7-15(21-8-13)22-9-16(24)25)23-26-10-12-2-5-14(6-3-12)17(18,19)20/h2-8H,9-10H2,1H3,(H,21,22)(H,24,25). The normalized spacial score (nSPS) is 11.9. The smallest absolute Gasteiger partial charge is 0.416 e. The van der Waals surface area contributed by atoms with Crippen LogP contribution < -0.4 is 5.32 Å². The van der Waals surface area contributed by atoms with Crippen molar-refractivity contribution in [2.24, 2.45) is 5.16 Å². The van der Waals surface area contributed by atoms with Gasteiger partial charge in [-0.1, -0.05) is 17.3 Å². The third-order valence-electron chi connectivity index (χ3n) is 3.32. The second kappa shape index (κ2) is 8.32. The highest BCUT2D eigenvalue weighted by Crippen LogP contribution is 2.29. The van der Waals surface area contributed by atoms with Crippen LogP contribution in [0.25, 0.3) is 0 Å². The zero-order chi connectivity index (χ0) is 19.2. The van der Waals surface area contributed by atoms with Crippen LogP contribution in [-0.2, 0) is 22.4 Å². The molecule has 0 saturated carbocycles. The molecular formula is C17H16F3N3O3. The molecule has 1 aromatic heterocycles. The quantitative estimate of drug-likeness (QED) is 0.578. The Bertz CT molecular complexity index is 773. The number of nitrogens with one attached hydrogen (secondary N) is 1. The summed E-state index contributed by atoms with van der Waals surface area (Å²) in [5.41, 5.74) is 1.02. The number of oxime groups is 1. The minimum atomic E-state index is -4.37. The Morgan fingerprint density at radius 3 is 2.46 bits per heavy atom. The number of alkyl halides is 3. The van der Waals surface area contributed by atoms with Crippen LogP contribution in [0.3, 0.4) is 0 Å².